The van der Waals surface area contributed by atoms with Gasteiger partial charge in [-0.1, -0.05) is 6.92 Å². The van der Waals surface area contributed by atoms with E-state index in [-0.39, 0.29) is 0 Å². The lowest BCUT2D eigenvalue weighted by Crippen LogP contribution is -2.42. The van der Waals surface area contributed by atoms with Crippen molar-refractivity contribution in [3.63, 3.8) is 0 Å². The van der Waals surface area contributed by atoms with E-state index in [0.29, 0.717) is 19.3 Å². The van der Waals surface area contributed by atoms with Crippen molar-refractivity contribution >= 4 is 6.29 Å². The first-order chi connectivity index (χ1) is 6.17. The first kappa shape index (κ1) is 12.5. The zero-order valence-electron chi connectivity index (χ0n) is 7.59. The molecular weight excluding hydrogens is 176 g/mol. The number of aldehydes is 1. The number of carbonyl (C=O) groups is 1. The molecule has 3 atom stereocenters. The number of rotatable bonds is 7. The number of hydrogen-bond acceptors (Lipinski definition) is 5. The maximum atomic E-state index is 10.4. The van der Waals surface area contributed by atoms with Gasteiger partial charge in [0.15, 0.2) is 6.29 Å². The largest absolute Gasteiger partial charge is 0.394 e. The number of hydrogen-bond donors (Lipinski definition) is 3. The van der Waals surface area contributed by atoms with Crippen LogP contribution in [0.3, 0.4) is 0 Å². The molecule has 0 bridgehead atoms. The molecule has 5 nitrogen and oxygen atoms in total. The van der Waals surface area contributed by atoms with Crippen LogP contribution in [0, 0.1) is 0 Å². The van der Waals surface area contributed by atoms with E-state index >= 15 is 0 Å². The predicted octanol–water partition coefficient (Wildman–Crippen LogP) is -1.31. The van der Waals surface area contributed by atoms with Crippen LogP contribution in [0.5, 0.6) is 0 Å². The fourth-order valence-electron chi connectivity index (χ4n) is 0.799. The highest BCUT2D eigenvalue weighted by Gasteiger charge is 2.25. The Morgan fingerprint density at radius 3 is 2.46 bits per heavy atom. The van der Waals surface area contributed by atoms with Gasteiger partial charge in [0.25, 0.3) is 0 Å². The molecule has 78 valence electrons. The maximum Gasteiger partial charge on any atom is 0.151 e. The maximum absolute atomic E-state index is 10.4. The molecule has 0 aromatic rings. The summed E-state index contributed by atoms with van der Waals surface area (Å²) in [4.78, 5) is 10.4. The van der Waals surface area contributed by atoms with Crippen LogP contribution in [0.25, 0.3) is 0 Å². The molecule has 5 heteroatoms. The average molecular weight is 192 g/mol. The van der Waals surface area contributed by atoms with Gasteiger partial charge in [-0.2, -0.15) is 0 Å². The van der Waals surface area contributed by atoms with Crippen LogP contribution in [0.1, 0.15) is 13.3 Å². The monoisotopic (exact) mass is 192 g/mol. The lowest BCUT2D eigenvalue weighted by Gasteiger charge is -2.21. The number of aliphatic hydroxyl groups excluding tert-OH is 3. The first-order valence-corrected chi connectivity index (χ1v) is 4.21. The molecule has 0 unspecified atom stereocenters. The smallest absolute Gasteiger partial charge is 0.151 e. The van der Waals surface area contributed by atoms with Crippen molar-refractivity contribution in [2.24, 2.45) is 0 Å². The second-order valence-corrected chi connectivity index (χ2v) is 2.71. The Balaban J connectivity index is 3.97. The molecule has 0 aromatic carbocycles. The van der Waals surface area contributed by atoms with E-state index in [2.05, 4.69) is 0 Å². The van der Waals surface area contributed by atoms with Gasteiger partial charge in [-0.05, 0) is 6.42 Å². The van der Waals surface area contributed by atoms with E-state index in [4.69, 9.17) is 14.9 Å². The van der Waals surface area contributed by atoms with E-state index in [1.807, 2.05) is 6.92 Å². The van der Waals surface area contributed by atoms with Crippen LogP contribution in [-0.2, 0) is 9.53 Å². The molecule has 0 aliphatic carbocycles. The third kappa shape index (κ3) is 4.33. The van der Waals surface area contributed by atoms with Gasteiger partial charge in [-0.25, -0.2) is 0 Å². The Morgan fingerprint density at radius 1 is 1.46 bits per heavy atom. The fourth-order valence-corrected chi connectivity index (χ4v) is 0.799. The number of aliphatic hydroxyl groups is 3. The highest BCUT2D eigenvalue weighted by molar-refractivity contribution is 5.57. The standard InChI is InChI=1S/C8H16O5/c1-2-3-13-7(5-10)8(12)6(11)4-9/h5-9,11-12H,2-4H2,1H3/t6-,7+,8-/m1/s1. The van der Waals surface area contributed by atoms with E-state index in [1.165, 1.54) is 0 Å². The second-order valence-electron chi connectivity index (χ2n) is 2.71. The molecule has 0 aromatic heterocycles. The summed E-state index contributed by atoms with van der Waals surface area (Å²) >= 11 is 0. The van der Waals surface area contributed by atoms with Gasteiger partial charge < -0.3 is 24.9 Å². The van der Waals surface area contributed by atoms with Gasteiger partial charge in [-0.3, -0.25) is 0 Å². The molecule has 0 spiro atoms. The van der Waals surface area contributed by atoms with Crippen molar-refractivity contribution in [3.8, 4) is 0 Å². The molecular formula is C8H16O5. The molecule has 0 aliphatic heterocycles. The highest BCUT2D eigenvalue weighted by Crippen LogP contribution is 2.02. The number of ether oxygens (including phenoxy) is 1. The van der Waals surface area contributed by atoms with Crippen molar-refractivity contribution in [2.45, 2.75) is 31.7 Å². The third-order valence-corrected chi connectivity index (χ3v) is 1.57. The van der Waals surface area contributed by atoms with E-state index < -0.39 is 24.9 Å². The summed E-state index contributed by atoms with van der Waals surface area (Å²) in [6.07, 6.45) is -2.64. The molecule has 3 N–H and O–H groups in total. The first-order valence-electron chi connectivity index (χ1n) is 4.21. The lowest BCUT2D eigenvalue weighted by atomic mass is 10.1. The van der Waals surface area contributed by atoms with Crippen LogP contribution in [0.4, 0.5) is 0 Å². The van der Waals surface area contributed by atoms with Crippen LogP contribution in [0.2, 0.25) is 0 Å². The summed E-state index contributed by atoms with van der Waals surface area (Å²) < 4.78 is 4.94. The molecule has 13 heavy (non-hydrogen) atoms. The predicted molar refractivity (Wildman–Crippen MR) is 45.2 cm³/mol. The van der Waals surface area contributed by atoms with Crippen molar-refractivity contribution in [1.82, 2.24) is 0 Å². The molecule has 0 saturated carbocycles. The lowest BCUT2D eigenvalue weighted by molar-refractivity contribution is -0.136. The molecule has 0 amide bonds. The Hall–Kier alpha value is -0.490. The molecule has 0 rings (SSSR count). The summed E-state index contributed by atoms with van der Waals surface area (Å²) in [6.45, 7) is 1.59. The summed E-state index contributed by atoms with van der Waals surface area (Å²) in [5, 5.41) is 26.7. The van der Waals surface area contributed by atoms with Crippen molar-refractivity contribution in [3.05, 3.63) is 0 Å². The van der Waals surface area contributed by atoms with Gasteiger partial charge in [0.05, 0.1) is 6.61 Å². The minimum Gasteiger partial charge on any atom is -0.394 e. The topological polar surface area (TPSA) is 87.0 Å². The third-order valence-electron chi connectivity index (χ3n) is 1.57. The van der Waals surface area contributed by atoms with Crippen LogP contribution >= 0.6 is 0 Å². The molecule has 0 saturated heterocycles. The highest BCUT2D eigenvalue weighted by atomic mass is 16.5. The minimum atomic E-state index is -1.37. The van der Waals surface area contributed by atoms with E-state index in [1.54, 1.807) is 0 Å². The second kappa shape index (κ2) is 6.97. The zero-order valence-corrected chi connectivity index (χ0v) is 7.59. The summed E-state index contributed by atoms with van der Waals surface area (Å²) in [5.74, 6) is 0. The zero-order chi connectivity index (χ0) is 10.3. The van der Waals surface area contributed by atoms with Gasteiger partial charge in [0.1, 0.15) is 18.3 Å². The quantitative estimate of drug-likeness (QED) is 0.436. The summed E-state index contributed by atoms with van der Waals surface area (Å²) in [7, 11) is 0. The fraction of sp³-hybridized carbons (Fsp3) is 0.875. The normalized spacial score (nSPS) is 17.8. The Kier molecular flexibility index (Phi) is 6.70. The Bertz CT molecular complexity index is 138. The molecule has 0 heterocycles. The van der Waals surface area contributed by atoms with E-state index in [9.17, 15) is 9.90 Å². The average Bonchev–Trinajstić information content (AvgIpc) is 2.17. The van der Waals surface area contributed by atoms with Crippen LogP contribution in [0.15, 0.2) is 0 Å². The Morgan fingerprint density at radius 2 is 2.08 bits per heavy atom. The molecule has 0 fully saturated rings. The van der Waals surface area contributed by atoms with Crippen LogP contribution < -0.4 is 0 Å². The van der Waals surface area contributed by atoms with Crippen LogP contribution in [-0.4, -0.2) is 53.1 Å². The number of carbonyl (C=O) groups excluding carboxylic acids is 1. The van der Waals surface area contributed by atoms with Gasteiger partial charge in [0.2, 0.25) is 0 Å². The Labute approximate surface area is 77.0 Å². The van der Waals surface area contributed by atoms with Crippen molar-refractivity contribution in [1.29, 1.82) is 0 Å². The van der Waals surface area contributed by atoms with E-state index in [0.717, 1.165) is 0 Å². The molecule has 0 radical (unpaired) electrons. The minimum absolute atomic E-state index is 0.332. The van der Waals surface area contributed by atoms with Gasteiger partial charge in [0, 0.05) is 6.61 Å². The van der Waals surface area contributed by atoms with Gasteiger partial charge in [-0.15, -0.1) is 0 Å². The molecule has 0 aliphatic rings. The summed E-state index contributed by atoms with van der Waals surface area (Å²) in [6, 6.07) is 0. The van der Waals surface area contributed by atoms with Crippen molar-refractivity contribution in [2.75, 3.05) is 13.2 Å². The summed E-state index contributed by atoms with van der Waals surface area (Å²) in [5.41, 5.74) is 0. The van der Waals surface area contributed by atoms with Crippen molar-refractivity contribution < 1.29 is 24.9 Å². The van der Waals surface area contributed by atoms with Gasteiger partial charge >= 0.3 is 0 Å². The SMILES string of the molecule is CCCO[C@@H](C=O)[C@H](O)[C@H](O)CO.